The van der Waals surface area contributed by atoms with Gasteiger partial charge in [-0.25, -0.2) is 8.78 Å². The minimum absolute atomic E-state index is 0.0877. The Morgan fingerprint density at radius 2 is 2.00 bits per heavy atom. The van der Waals surface area contributed by atoms with E-state index in [-0.39, 0.29) is 12.5 Å². The van der Waals surface area contributed by atoms with Crippen molar-refractivity contribution in [2.45, 2.75) is 6.54 Å². The van der Waals surface area contributed by atoms with E-state index in [2.05, 4.69) is 5.32 Å². The fourth-order valence-corrected chi connectivity index (χ4v) is 2.20. The van der Waals surface area contributed by atoms with E-state index in [0.717, 1.165) is 23.5 Å². The summed E-state index contributed by atoms with van der Waals surface area (Å²) >= 11 is 1.07. The molecule has 0 atom stereocenters. The van der Waals surface area contributed by atoms with Crippen LogP contribution >= 0.6 is 11.3 Å². The third kappa shape index (κ3) is 3.23. The van der Waals surface area contributed by atoms with Crippen molar-refractivity contribution >= 4 is 23.5 Å². The van der Waals surface area contributed by atoms with E-state index in [9.17, 15) is 18.4 Å². The summed E-state index contributed by atoms with van der Waals surface area (Å²) in [5.74, 6) is -2.24. The molecule has 0 saturated heterocycles. The Balaban J connectivity index is 1.99. The molecule has 3 nitrogen and oxygen atoms in total. The number of nitrogens with one attached hydrogen (secondary N) is 1. The van der Waals surface area contributed by atoms with Crippen LogP contribution in [0.4, 0.5) is 8.78 Å². The van der Waals surface area contributed by atoms with E-state index in [1.54, 1.807) is 6.07 Å². The molecule has 19 heavy (non-hydrogen) atoms. The molecule has 0 radical (unpaired) electrons. The Hall–Kier alpha value is -2.08. The van der Waals surface area contributed by atoms with Crippen LogP contribution in [-0.2, 0) is 6.54 Å². The van der Waals surface area contributed by atoms with Crippen LogP contribution < -0.4 is 5.32 Å². The minimum atomic E-state index is -0.953. The fourth-order valence-electron chi connectivity index (χ4n) is 1.46. The van der Waals surface area contributed by atoms with Gasteiger partial charge in [-0.1, -0.05) is 6.07 Å². The van der Waals surface area contributed by atoms with Gasteiger partial charge in [0.25, 0.3) is 5.91 Å². The number of amides is 1. The lowest BCUT2D eigenvalue weighted by Crippen LogP contribution is -2.21. The van der Waals surface area contributed by atoms with Crippen molar-refractivity contribution < 1.29 is 18.4 Å². The van der Waals surface area contributed by atoms with Crippen LogP contribution in [0.3, 0.4) is 0 Å². The van der Waals surface area contributed by atoms with Gasteiger partial charge >= 0.3 is 0 Å². The number of benzene rings is 1. The predicted octanol–water partition coefficient (Wildman–Crippen LogP) is 2.77. The van der Waals surface area contributed by atoms with E-state index in [0.29, 0.717) is 21.6 Å². The molecule has 1 heterocycles. The van der Waals surface area contributed by atoms with Crippen molar-refractivity contribution in [1.82, 2.24) is 5.32 Å². The zero-order valence-corrected chi connectivity index (χ0v) is 10.5. The predicted molar refractivity (Wildman–Crippen MR) is 67.2 cm³/mol. The largest absolute Gasteiger partial charge is 0.347 e. The summed E-state index contributed by atoms with van der Waals surface area (Å²) < 4.78 is 25.7. The van der Waals surface area contributed by atoms with Crippen LogP contribution in [0.1, 0.15) is 24.9 Å². The summed E-state index contributed by atoms with van der Waals surface area (Å²) in [6, 6.07) is 6.51. The Morgan fingerprint density at radius 3 is 2.63 bits per heavy atom. The van der Waals surface area contributed by atoms with Gasteiger partial charge in [0.05, 0.1) is 9.75 Å². The maximum Gasteiger partial charge on any atom is 0.261 e. The molecule has 0 unspecified atom stereocenters. The monoisotopic (exact) mass is 281 g/mol. The van der Waals surface area contributed by atoms with Crippen LogP contribution in [0.15, 0.2) is 30.3 Å². The summed E-state index contributed by atoms with van der Waals surface area (Å²) in [6.45, 7) is 0.0877. The van der Waals surface area contributed by atoms with Crippen molar-refractivity contribution in [3.8, 4) is 0 Å². The van der Waals surface area contributed by atoms with E-state index in [1.807, 2.05) is 0 Å². The molecule has 1 amide bonds. The van der Waals surface area contributed by atoms with Gasteiger partial charge in [-0.15, -0.1) is 11.3 Å². The molecular weight excluding hydrogens is 272 g/mol. The number of carbonyl (C=O) groups is 2. The van der Waals surface area contributed by atoms with Crippen molar-refractivity contribution in [1.29, 1.82) is 0 Å². The van der Waals surface area contributed by atoms with Gasteiger partial charge in [0, 0.05) is 6.54 Å². The first kappa shape index (κ1) is 13.4. The highest BCUT2D eigenvalue weighted by atomic mass is 32.1. The zero-order valence-electron chi connectivity index (χ0n) is 9.65. The number of aldehydes is 1. The Morgan fingerprint density at radius 1 is 1.21 bits per heavy atom. The summed E-state index contributed by atoms with van der Waals surface area (Å²) in [5.41, 5.74) is 0.458. The zero-order chi connectivity index (χ0) is 13.8. The molecule has 98 valence electrons. The van der Waals surface area contributed by atoms with E-state index in [4.69, 9.17) is 0 Å². The van der Waals surface area contributed by atoms with Gasteiger partial charge in [0.2, 0.25) is 0 Å². The van der Waals surface area contributed by atoms with Crippen molar-refractivity contribution in [3.63, 3.8) is 0 Å². The van der Waals surface area contributed by atoms with Crippen LogP contribution in [-0.4, -0.2) is 12.2 Å². The molecule has 1 aromatic heterocycles. The van der Waals surface area contributed by atoms with Crippen LogP contribution in [0.5, 0.6) is 0 Å². The second-order valence-corrected chi connectivity index (χ2v) is 4.87. The third-order valence-electron chi connectivity index (χ3n) is 2.40. The molecule has 0 aliphatic rings. The summed E-state index contributed by atoms with van der Waals surface area (Å²) in [4.78, 5) is 23.1. The molecule has 0 spiro atoms. The average Bonchev–Trinajstić information content (AvgIpc) is 2.88. The van der Waals surface area contributed by atoms with Gasteiger partial charge < -0.3 is 5.32 Å². The Labute approximate surface area is 111 Å². The number of hydrogen-bond acceptors (Lipinski definition) is 3. The molecule has 0 saturated carbocycles. The molecule has 6 heteroatoms. The molecule has 0 fully saturated rings. The summed E-state index contributed by atoms with van der Waals surface area (Å²) in [5, 5.41) is 2.57. The van der Waals surface area contributed by atoms with Crippen LogP contribution in [0.2, 0.25) is 0 Å². The second-order valence-electron chi connectivity index (χ2n) is 3.75. The average molecular weight is 281 g/mol. The van der Waals surface area contributed by atoms with Gasteiger partial charge in [-0.05, 0) is 29.8 Å². The van der Waals surface area contributed by atoms with Gasteiger partial charge in [-0.2, -0.15) is 0 Å². The SMILES string of the molecule is O=Cc1ccc(C(=O)NCc2ccc(F)c(F)c2)s1. The lowest BCUT2D eigenvalue weighted by Gasteiger charge is -2.04. The summed E-state index contributed by atoms with van der Waals surface area (Å²) in [7, 11) is 0. The first-order chi connectivity index (χ1) is 9.10. The number of halogens is 2. The van der Waals surface area contributed by atoms with E-state index in [1.165, 1.54) is 12.1 Å². The molecule has 0 aliphatic heterocycles. The van der Waals surface area contributed by atoms with Crippen molar-refractivity contribution in [3.05, 3.63) is 57.3 Å². The smallest absolute Gasteiger partial charge is 0.261 e. The topological polar surface area (TPSA) is 46.2 Å². The lowest BCUT2D eigenvalue weighted by atomic mass is 10.2. The highest BCUT2D eigenvalue weighted by Crippen LogP contribution is 2.14. The van der Waals surface area contributed by atoms with Crippen LogP contribution in [0, 0.1) is 11.6 Å². The van der Waals surface area contributed by atoms with E-state index >= 15 is 0 Å². The standard InChI is InChI=1S/C13H9F2NO2S/c14-10-3-1-8(5-11(10)15)6-16-13(18)12-4-2-9(7-17)19-12/h1-5,7H,6H2,(H,16,18). The van der Waals surface area contributed by atoms with Gasteiger partial charge in [0.15, 0.2) is 17.9 Å². The fraction of sp³-hybridized carbons (Fsp3) is 0.0769. The molecule has 1 aromatic carbocycles. The van der Waals surface area contributed by atoms with Crippen molar-refractivity contribution in [2.24, 2.45) is 0 Å². The molecular formula is C13H9F2NO2S. The summed E-state index contributed by atoms with van der Waals surface area (Å²) in [6.07, 6.45) is 0.663. The van der Waals surface area contributed by atoms with Gasteiger partial charge in [0.1, 0.15) is 0 Å². The quantitative estimate of drug-likeness (QED) is 0.876. The molecule has 2 rings (SSSR count). The normalized spacial score (nSPS) is 10.2. The lowest BCUT2D eigenvalue weighted by molar-refractivity contribution is 0.0954. The van der Waals surface area contributed by atoms with E-state index < -0.39 is 11.6 Å². The highest BCUT2D eigenvalue weighted by molar-refractivity contribution is 7.15. The minimum Gasteiger partial charge on any atom is -0.347 e. The van der Waals surface area contributed by atoms with Gasteiger partial charge in [-0.3, -0.25) is 9.59 Å². The molecule has 1 N–H and O–H groups in total. The molecule has 0 aliphatic carbocycles. The first-order valence-corrected chi connectivity index (χ1v) is 6.19. The maximum absolute atomic E-state index is 13.0. The van der Waals surface area contributed by atoms with Crippen LogP contribution in [0.25, 0.3) is 0 Å². The number of rotatable bonds is 4. The number of carbonyl (C=O) groups excluding carboxylic acids is 2. The third-order valence-corrected chi connectivity index (χ3v) is 3.41. The highest BCUT2D eigenvalue weighted by Gasteiger charge is 2.09. The molecule has 0 bridgehead atoms. The number of hydrogen-bond donors (Lipinski definition) is 1. The first-order valence-electron chi connectivity index (χ1n) is 5.37. The molecule has 2 aromatic rings. The number of thiophene rings is 1. The maximum atomic E-state index is 13.0. The Kier molecular flexibility index (Phi) is 4.01. The second kappa shape index (κ2) is 5.71. The Bertz CT molecular complexity index is 625. The van der Waals surface area contributed by atoms with Crippen molar-refractivity contribution in [2.75, 3.05) is 0 Å².